The van der Waals surface area contributed by atoms with Crippen LogP contribution in [0.1, 0.15) is 11.1 Å². The lowest BCUT2D eigenvalue weighted by Gasteiger charge is -2.14. The van der Waals surface area contributed by atoms with E-state index in [1.165, 1.54) is 6.07 Å². The molecule has 4 heteroatoms. The van der Waals surface area contributed by atoms with Gasteiger partial charge in [-0.1, -0.05) is 22.0 Å². The van der Waals surface area contributed by atoms with Gasteiger partial charge in [0.2, 0.25) is 0 Å². The van der Waals surface area contributed by atoms with Crippen LogP contribution >= 0.6 is 15.9 Å². The van der Waals surface area contributed by atoms with Crippen LogP contribution in [0.25, 0.3) is 0 Å². The monoisotopic (exact) mass is 248 g/mol. The number of alkyl halides is 2. The summed E-state index contributed by atoms with van der Waals surface area (Å²) in [6.07, 6.45) is 0. The van der Waals surface area contributed by atoms with Crippen LogP contribution in [0.2, 0.25) is 0 Å². The molecule has 1 aromatic rings. The minimum atomic E-state index is -3.07. The molecule has 1 rings (SSSR count). The third kappa shape index (κ3) is 2.48. The minimum absolute atomic E-state index is 0.0832. The van der Waals surface area contributed by atoms with Gasteiger partial charge in [-0.25, -0.2) is 8.78 Å². The van der Waals surface area contributed by atoms with E-state index in [0.29, 0.717) is 5.56 Å². The predicted octanol–water partition coefficient (Wildman–Crippen LogP) is 2.83. The summed E-state index contributed by atoms with van der Waals surface area (Å²) in [4.78, 5) is 0. The van der Waals surface area contributed by atoms with Gasteiger partial charge in [0.25, 0.3) is 5.92 Å². The molecule has 0 saturated carbocycles. The maximum Gasteiger partial charge on any atom is 0.273 e. The summed E-state index contributed by atoms with van der Waals surface area (Å²) in [7, 11) is 0. The molecule has 0 aromatic heterocycles. The van der Waals surface area contributed by atoms with Crippen molar-refractivity contribution in [2.75, 3.05) is 0 Å². The Morgan fingerprint density at radius 2 is 2.08 bits per heavy atom. The molecule has 0 bridgehead atoms. The SMILES string of the molecule is [CH2]C(F)(F)c1ccc(Br)cc1CN. The van der Waals surface area contributed by atoms with Crippen LogP contribution < -0.4 is 5.73 Å². The van der Waals surface area contributed by atoms with Crippen molar-refractivity contribution in [3.63, 3.8) is 0 Å². The molecule has 0 atom stereocenters. The molecule has 0 aliphatic carbocycles. The van der Waals surface area contributed by atoms with Crippen molar-refractivity contribution in [3.05, 3.63) is 40.7 Å². The number of benzene rings is 1. The summed E-state index contributed by atoms with van der Waals surface area (Å²) in [6, 6.07) is 4.46. The van der Waals surface area contributed by atoms with Crippen LogP contribution in [0.5, 0.6) is 0 Å². The average molecular weight is 249 g/mol. The van der Waals surface area contributed by atoms with Crippen LogP contribution in [0.3, 0.4) is 0 Å². The average Bonchev–Trinajstić information content (AvgIpc) is 2.01. The fourth-order valence-electron chi connectivity index (χ4n) is 1.09. The highest BCUT2D eigenvalue weighted by atomic mass is 79.9. The molecule has 0 spiro atoms. The van der Waals surface area contributed by atoms with Gasteiger partial charge < -0.3 is 5.73 Å². The van der Waals surface area contributed by atoms with E-state index in [2.05, 4.69) is 22.9 Å². The van der Waals surface area contributed by atoms with Crippen molar-refractivity contribution >= 4 is 15.9 Å². The highest BCUT2D eigenvalue weighted by Gasteiger charge is 2.26. The molecule has 0 fully saturated rings. The lowest BCUT2D eigenvalue weighted by Crippen LogP contribution is -2.13. The molecule has 0 unspecified atom stereocenters. The highest BCUT2D eigenvalue weighted by Crippen LogP contribution is 2.30. The van der Waals surface area contributed by atoms with Gasteiger partial charge in [-0.2, -0.15) is 0 Å². The Labute approximate surface area is 84.1 Å². The number of rotatable bonds is 2. The Morgan fingerprint density at radius 1 is 1.46 bits per heavy atom. The summed E-state index contributed by atoms with van der Waals surface area (Å²) in [5.74, 6) is -3.07. The van der Waals surface area contributed by atoms with E-state index in [4.69, 9.17) is 5.73 Å². The maximum atomic E-state index is 12.9. The largest absolute Gasteiger partial charge is 0.326 e. The first-order valence-electron chi connectivity index (χ1n) is 3.67. The van der Waals surface area contributed by atoms with Gasteiger partial charge in [0, 0.05) is 23.5 Å². The smallest absolute Gasteiger partial charge is 0.273 e. The summed E-state index contributed by atoms with van der Waals surface area (Å²) >= 11 is 3.18. The van der Waals surface area contributed by atoms with E-state index in [9.17, 15) is 8.78 Å². The van der Waals surface area contributed by atoms with Crippen molar-refractivity contribution in [1.29, 1.82) is 0 Å². The molecule has 2 N–H and O–H groups in total. The molecule has 0 amide bonds. The van der Waals surface area contributed by atoms with Crippen LogP contribution in [-0.4, -0.2) is 0 Å². The van der Waals surface area contributed by atoms with Crippen molar-refractivity contribution < 1.29 is 8.78 Å². The molecule has 1 aromatic carbocycles. The van der Waals surface area contributed by atoms with E-state index < -0.39 is 5.92 Å². The van der Waals surface area contributed by atoms with Crippen molar-refractivity contribution in [1.82, 2.24) is 0 Å². The van der Waals surface area contributed by atoms with E-state index >= 15 is 0 Å². The normalized spacial score (nSPS) is 11.8. The molecule has 0 aliphatic rings. The van der Waals surface area contributed by atoms with Gasteiger partial charge in [-0.15, -0.1) is 0 Å². The van der Waals surface area contributed by atoms with Crippen LogP contribution in [-0.2, 0) is 12.5 Å². The topological polar surface area (TPSA) is 26.0 Å². The quantitative estimate of drug-likeness (QED) is 0.856. The van der Waals surface area contributed by atoms with Gasteiger partial charge in [-0.3, -0.25) is 0 Å². The Morgan fingerprint density at radius 3 is 2.54 bits per heavy atom. The van der Waals surface area contributed by atoms with E-state index in [1.807, 2.05) is 0 Å². The molecule has 1 nitrogen and oxygen atoms in total. The molecule has 71 valence electrons. The number of hydrogen-bond acceptors (Lipinski definition) is 1. The Bertz CT molecular complexity index is 307. The van der Waals surface area contributed by atoms with E-state index in [1.54, 1.807) is 12.1 Å². The Balaban J connectivity index is 3.22. The number of halogens is 3. The van der Waals surface area contributed by atoms with Crippen LogP contribution in [0.15, 0.2) is 22.7 Å². The summed E-state index contributed by atoms with van der Waals surface area (Å²) in [6.45, 7) is 2.86. The standard InChI is InChI=1S/C9H9BrF2N/c1-9(11,12)8-3-2-7(10)4-6(8)5-13/h2-4H,1,5,13H2. The first-order valence-corrected chi connectivity index (χ1v) is 4.46. The van der Waals surface area contributed by atoms with E-state index in [-0.39, 0.29) is 12.1 Å². The Kier molecular flexibility index (Phi) is 3.03. The third-order valence-electron chi connectivity index (χ3n) is 1.68. The zero-order valence-corrected chi connectivity index (χ0v) is 8.44. The van der Waals surface area contributed by atoms with Gasteiger partial charge >= 0.3 is 0 Å². The van der Waals surface area contributed by atoms with Gasteiger partial charge in [0.1, 0.15) is 0 Å². The first-order chi connectivity index (χ1) is 5.95. The molecular weight excluding hydrogens is 240 g/mol. The fourth-order valence-corrected chi connectivity index (χ4v) is 1.50. The summed E-state index contributed by atoms with van der Waals surface area (Å²) in [5, 5.41) is 0. The van der Waals surface area contributed by atoms with Crippen LogP contribution in [0, 0.1) is 6.92 Å². The number of hydrogen-bond donors (Lipinski definition) is 1. The molecule has 1 radical (unpaired) electrons. The zero-order chi connectivity index (χ0) is 10.1. The predicted molar refractivity (Wildman–Crippen MR) is 51.3 cm³/mol. The minimum Gasteiger partial charge on any atom is -0.326 e. The summed E-state index contributed by atoms with van der Waals surface area (Å²) < 4.78 is 26.4. The molecule has 13 heavy (non-hydrogen) atoms. The lowest BCUT2D eigenvalue weighted by atomic mass is 10.0. The number of nitrogens with two attached hydrogens (primary N) is 1. The Hall–Kier alpha value is -0.480. The van der Waals surface area contributed by atoms with E-state index in [0.717, 1.165) is 4.47 Å². The molecule has 0 aliphatic heterocycles. The fraction of sp³-hybridized carbons (Fsp3) is 0.222. The molecule has 0 saturated heterocycles. The van der Waals surface area contributed by atoms with Gasteiger partial charge in [0.05, 0.1) is 0 Å². The van der Waals surface area contributed by atoms with Crippen molar-refractivity contribution in [2.45, 2.75) is 12.5 Å². The lowest BCUT2D eigenvalue weighted by molar-refractivity contribution is 0.0477. The van der Waals surface area contributed by atoms with Crippen LogP contribution in [0.4, 0.5) is 8.78 Å². The first kappa shape index (κ1) is 10.6. The van der Waals surface area contributed by atoms with Gasteiger partial charge in [-0.05, 0) is 17.7 Å². The second-order valence-corrected chi connectivity index (χ2v) is 3.63. The second-order valence-electron chi connectivity index (χ2n) is 2.71. The zero-order valence-electron chi connectivity index (χ0n) is 6.86. The molecule has 0 heterocycles. The maximum absolute atomic E-state index is 12.9. The second kappa shape index (κ2) is 3.72. The van der Waals surface area contributed by atoms with Crippen molar-refractivity contribution in [3.8, 4) is 0 Å². The highest BCUT2D eigenvalue weighted by molar-refractivity contribution is 9.10. The molecular formula is C9H9BrF2N. The van der Waals surface area contributed by atoms with Gasteiger partial charge in [0.15, 0.2) is 0 Å². The third-order valence-corrected chi connectivity index (χ3v) is 2.17. The summed E-state index contributed by atoms with van der Waals surface area (Å²) in [5.41, 5.74) is 5.63. The van der Waals surface area contributed by atoms with Crippen molar-refractivity contribution in [2.24, 2.45) is 5.73 Å².